The lowest BCUT2D eigenvalue weighted by molar-refractivity contribution is 0.628. The standard InChI is InChI=1S/C18H15FN2/c19-14-10-11-18(16(20)12-14)21-17-9-5-4-8-15(17)13-6-2-1-3-7-13/h1-12,21H,20H2. The highest BCUT2D eigenvalue weighted by molar-refractivity contribution is 5.83. The van der Waals surface area contributed by atoms with Crippen molar-refractivity contribution in [2.45, 2.75) is 0 Å². The van der Waals surface area contributed by atoms with Gasteiger partial charge in [-0.3, -0.25) is 0 Å². The molecule has 3 aromatic carbocycles. The summed E-state index contributed by atoms with van der Waals surface area (Å²) in [7, 11) is 0. The molecule has 3 heteroatoms. The van der Waals surface area contributed by atoms with E-state index in [0.717, 1.165) is 16.8 Å². The van der Waals surface area contributed by atoms with Crippen LogP contribution in [0.5, 0.6) is 0 Å². The predicted molar refractivity (Wildman–Crippen MR) is 86.0 cm³/mol. The molecule has 0 heterocycles. The maximum Gasteiger partial charge on any atom is 0.125 e. The van der Waals surface area contributed by atoms with E-state index in [2.05, 4.69) is 17.4 Å². The molecule has 3 aromatic rings. The van der Waals surface area contributed by atoms with E-state index in [1.165, 1.54) is 12.1 Å². The number of nitrogens with one attached hydrogen (secondary N) is 1. The molecule has 0 unspecified atom stereocenters. The lowest BCUT2D eigenvalue weighted by atomic mass is 10.0. The molecule has 3 rings (SSSR count). The van der Waals surface area contributed by atoms with Crippen LogP contribution in [0, 0.1) is 5.82 Å². The van der Waals surface area contributed by atoms with E-state index in [9.17, 15) is 4.39 Å². The van der Waals surface area contributed by atoms with Gasteiger partial charge >= 0.3 is 0 Å². The number of anilines is 3. The van der Waals surface area contributed by atoms with Gasteiger partial charge < -0.3 is 11.1 Å². The van der Waals surface area contributed by atoms with E-state index in [1.807, 2.05) is 42.5 Å². The topological polar surface area (TPSA) is 38.0 Å². The molecule has 0 radical (unpaired) electrons. The minimum atomic E-state index is -0.339. The Balaban J connectivity index is 2.00. The van der Waals surface area contributed by atoms with Gasteiger partial charge in [-0.05, 0) is 29.8 Å². The number of rotatable bonds is 3. The van der Waals surface area contributed by atoms with Crippen LogP contribution in [-0.4, -0.2) is 0 Å². The Kier molecular flexibility index (Phi) is 3.56. The highest BCUT2D eigenvalue weighted by Crippen LogP contribution is 2.31. The van der Waals surface area contributed by atoms with Crippen molar-refractivity contribution in [1.82, 2.24) is 0 Å². The van der Waals surface area contributed by atoms with Crippen LogP contribution in [0.1, 0.15) is 0 Å². The van der Waals surface area contributed by atoms with E-state index in [0.29, 0.717) is 11.4 Å². The average molecular weight is 278 g/mol. The van der Waals surface area contributed by atoms with Gasteiger partial charge in [-0.25, -0.2) is 4.39 Å². The van der Waals surface area contributed by atoms with Crippen molar-refractivity contribution in [2.75, 3.05) is 11.1 Å². The fourth-order valence-electron chi connectivity index (χ4n) is 2.25. The zero-order chi connectivity index (χ0) is 14.7. The SMILES string of the molecule is Nc1cc(F)ccc1Nc1ccccc1-c1ccccc1. The van der Waals surface area contributed by atoms with Crippen molar-refractivity contribution >= 4 is 17.1 Å². The lowest BCUT2D eigenvalue weighted by Gasteiger charge is -2.14. The third-order valence-corrected chi connectivity index (χ3v) is 3.29. The molecular weight excluding hydrogens is 263 g/mol. The molecule has 0 saturated heterocycles. The van der Waals surface area contributed by atoms with E-state index in [-0.39, 0.29) is 5.82 Å². The largest absolute Gasteiger partial charge is 0.397 e. The van der Waals surface area contributed by atoms with Crippen molar-refractivity contribution in [3.05, 3.63) is 78.6 Å². The fraction of sp³-hybridized carbons (Fsp3) is 0. The van der Waals surface area contributed by atoms with Crippen molar-refractivity contribution in [3.63, 3.8) is 0 Å². The summed E-state index contributed by atoms with van der Waals surface area (Å²) in [5.74, 6) is -0.339. The summed E-state index contributed by atoms with van der Waals surface area (Å²) in [6.45, 7) is 0. The molecular formula is C18H15FN2. The smallest absolute Gasteiger partial charge is 0.125 e. The molecule has 0 aliphatic carbocycles. The molecule has 0 atom stereocenters. The first-order chi connectivity index (χ1) is 10.2. The molecule has 3 N–H and O–H groups in total. The van der Waals surface area contributed by atoms with Gasteiger partial charge in [0.25, 0.3) is 0 Å². The van der Waals surface area contributed by atoms with Gasteiger partial charge in [-0.2, -0.15) is 0 Å². The van der Waals surface area contributed by atoms with Crippen LogP contribution < -0.4 is 11.1 Å². The highest BCUT2D eigenvalue weighted by atomic mass is 19.1. The molecule has 2 nitrogen and oxygen atoms in total. The first-order valence-corrected chi connectivity index (χ1v) is 6.70. The number of hydrogen-bond donors (Lipinski definition) is 2. The second kappa shape index (κ2) is 5.67. The van der Waals surface area contributed by atoms with Crippen molar-refractivity contribution in [1.29, 1.82) is 0 Å². The van der Waals surface area contributed by atoms with Crippen molar-refractivity contribution in [2.24, 2.45) is 0 Å². The van der Waals surface area contributed by atoms with Gasteiger partial charge in [0.2, 0.25) is 0 Å². The fourth-order valence-corrected chi connectivity index (χ4v) is 2.25. The maximum absolute atomic E-state index is 13.1. The molecule has 0 spiro atoms. The summed E-state index contributed by atoms with van der Waals surface area (Å²) < 4.78 is 13.1. The van der Waals surface area contributed by atoms with Crippen molar-refractivity contribution in [3.8, 4) is 11.1 Å². The second-order valence-corrected chi connectivity index (χ2v) is 4.77. The molecule has 104 valence electrons. The molecule has 0 aliphatic heterocycles. The molecule has 0 aliphatic rings. The monoisotopic (exact) mass is 278 g/mol. The highest BCUT2D eigenvalue weighted by Gasteiger charge is 2.06. The number of benzene rings is 3. The van der Waals surface area contributed by atoms with E-state index < -0.39 is 0 Å². The Labute approximate surface area is 123 Å². The maximum atomic E-state index is 13.1. The van der Waals surface area contributed by atoms with Crippen LogP contribution in [0.25, 0.3) is 11.1 Å². The third kappa shape index (κ3) is 2.87. The van der Waals surface area contributed by atoms with Gasteiger partial charge in [-0.15, -0.1) is 0 Å². The van der Waals surface area contributed by atoms with Gasteiger partial charge in [0.1, 0.15) is 5.82 Å². The first-order valence-electron chi connectivity index (χ1n) is 6.70. The molecule has 0 fully saturated rings. The van der Waals surface area contributed by atoms with Gasteiger partial charge in [0.15, 0.2) is 0 Å². The normalized spacial score (nSPS) is 10.3. The van der Waals surface area contributed by atoms with Crippen LogP contribution in [-0.2, 0) is 0 Å². The number of halogens is 1. The second-order valence-electron chi connectivity index (χ2n) is 4.77. The first kappa shape index (κ1) is 13.2. The number of nitrogen functional groups attached to an aromatic ring is 1. The zero-order valence-electron chi connectivity index (χ0n) is 11.4. The molecule has 0 bridgehead atoms. The Morgan fingerprint density at radius 2 is 1.48 bits per heavy atom. The Hall–Kier alpha value is -2.81. The van der Waals surface area contributed by atoms with Crippen LogP contribution in [0.15, 0.2) is 72.8 Å². The molecule has 0 saturated carbocycles. The molecule has 21 heavy (non-hydrogen) atoms. The van der Waals surface area contributed by atoms with Gasteiger partial charge in [0, 0.05) is 11.3 Å². The summed E-state index contributed by atoms with van der Waals surface area (Å²) in [4.78, 5) is 0. The number of nitrogens with two attached hydrogens (primary N) is 1. The summed E-state index contributed by atoms with van der Waals surface area (Å²) in [6.07, 6.45) is 0. The Bertz CT molecular complexity index is 754. The Morgan fingerprint density at radius 3 is 2.24 bits per heavy atom. The summed E-state index contributed by atoms with van der Waals surface area (Å²) in [5.41, 5.74) is 10.1. The third-order valence-electron chi connectivity index (χ3n) is 3.29. The van der Waals surface area contributed by atoms with Gasteiger partial charge in [0.05, 0.1) is 11.4 Å². The minimum absolute atomic E-state index is 0.339. The van der Waals surface area contributed by atoms with E-state index in [1.54, 1.807) is 6.07 Å². The van der Waals surface area contributed by atoms with Crippen LogP contribution >= 0.6 is 0 Å². The Morgan fingerprint density at radius 1 is 0.762 bits per heavy atom. The van der Waals surface area contributed by atoms with E-state index in [4.69, 9.17) is 5.73 Å². The number of hydrogen-bond acceptors (Lipinski definition) is 2. The predicted octanol–water partition coefficient (Wildman–Crippen LogP) is 4.82. The van der Waals surface area contributed by atoms with Crippen LogP contribution in [0.4, 0.5) is 21.5 Å². The van der Waals surface area contributed by atoms with Crippen molar-refractivity contribution < 1.29 is 4.39 Å². The zero-order valence-corrected chi connectivity index (χ0v) is 11.4. The lowest BCUT2D eigenvalue weighted by Crippen LogP contribution is -1.98. The quantitative estimate of drug-likeness (QED) is 0.674. The number of para-hydroxylation sites is 1. The van der Waals surface area contributed by atoms with E-state index >= 15 is 0 Å². The minimum Gasteiger partial charge on any atom is -0.397 e. The van der Waals surface area contributed by atoms with Crippen LogP contribution in [0.3, 0.4) is 0 Å². The molecule has 0 aromatic heterocycles. The van der Waals surface area contributed by atoms with Crippen LogP contribution in [0.2, 0.25) is 0 Å². The molecule has 0 amide bonds. The summed E-state index contributed by atoms with van der Waals surface area (Å²) in [5, 5.41) is 3.27. The van der Waals surface area contributed by atoms with Gasteiger partial charge in [-0.1, -0.05) is 48.5 Å². The average Bonchev–Trinajstić information content (AvgIpc) is 2.51. The summed E-state index contributed by atoms with van der Waals surface area (Å²) >= 11 is 0. The summed E-state index contributed by atoms with van der Waals surface area (Å²) in [6, 6.07) is 22.4.